The van der Waals surface area contributed by atoms with Gasteiger partial charge in [-0.05, 0) is 36.6 Å². The summed E-state index contributed by atoms with van der Waals surface area (Å²) in [7, 11) is 0. The molecular formula is C23H20N4O4S. The van der Waals surface area contributed by atoms with E-state index < -0.39 is 0 Å². The fraction of sp³-hybridized carbons (Fsp3) is 0.217. The summed E-state index contributed by atoms with van der Waals surface area (Å²) in [5.41, 5.74) is 2.40. The summed E-state index contributed by atoms with van der Waals surface area (Å²) >= 11 is 1.67. The van der Waals surface area contributed by atoms with Crippen LogP contribution in [0.2, 0.25) is 0 Å². The van der Waals surface area contributed by atoms with Gasteiger partial charge in [0, 0.05) is 35.5 Å². The lowest BCUT2D eigenvalue weighted by Gasteiger charge is -2.11. The van der Waals surface area contributed by atoms with E-state index in [9.17, 15) is 9.59 Å². The second-order valence-corrected chi connectivity index (χ2v) is 8.43. The van der Waals surface area contributed by atoms with Crippen molar-refractivity contribution < 1.29 is 19.1 Å². The third kappa shape index (κ3) is 3.94. The molecule has 3 aromatic heterocycles. The van der Waals surface area contributed by atoms with E-state index in [0.29, 0.717) is 35.7 Å². The van der Waals surface area contributed by atoms with E-state index in [0.717, 1.165) is 17.0 Å². The molecule has 5 rings (SSSR count). The molecule has 9 heteroatoms. The normalized spacial score (nSPS) is 12.3. The Morgan fingerprint density at radius 2 is 2.03 bits per heavy atom. The molecule has 0 aliphatic carbocycles. The van der Waals surface area contributed by atoms with E-state index in [4.69, 9.17) is 14.5 Å². The Balaban J connectivity index is 1.35. The molecule has 0 saturated carbocycles. The van der Waals surface area contributed by atoms with Crippen molar-refractivity contribution in [2.24, 2.45) is 0 Å². The lowest BCUT2D eigenvalue weighted by Crippen LogP contribution is -2.16. The number of carbonyl (C=O) groups excluding carboxylic acids is 2. The average Bonchev–Trinajstić information content (AvgIpc) is 3.52. The Morgan fingerprint density at radius 1 is 1.19 bits per heavy atom. The average molecular weight is 449 g/mol. The highest BCUT2D eigenvalue weighted by Crippen LogP contribution is 2.37. The van der Waals surface area contributed by atoms with Crippen LogP contribution >= 0.6 is 11.3 Å². The summed E-state index contributed by atoms with van der Waals surface area (Å²) in [6, 6.07) is 11.1. The molecule has 4 aromatic rings. The van der Waals surface area contributed by atoms with Crippen LogP contribution in [0, 0.1) is 0 Å². The third-order valence-corrected chi connectivity index (χ3v) is 6.08. The smallest absolute Gasteiger partial charge is 0.231 e. The van der Waals surface area contributed by atoms with Crippen molar-refractivity contribution in [3.63, 3.8) is 0 Å². The number of thiophene rings is 1. The molecule has 162 valence electrons. The Bertz CT molecular complexity index is 1310. The highest BCUT2D eigenvalue weighted by atomic mass is 32.1. The van der Waals surface area contributed by atoms with Crippen LogP contribution in [0.25, 0.3) is 11.2 Å². The van der Waals surface area contributed by atoms with E-state index in [2.05, 4.69) is 20.9 Å². The van der Waals surface area contributed by atoms with Gasteiger partial charge >= 0.3 is 0 Å². The molecule has 1 aliphatic rings. The van der Waals surface area contributed by atoms with Crippen LogP contribution in [0.1, 0.15) is 34.4 Å². The molecule has 0 fully saturated rings. The Hall–Kier alpha value is -3.72. The largest absolute Gasteiger partial charge is 0.454 e. The van der Waals surface area contributed by atoms with Gasteiger partial charge in [0.15, 0.2) is 22.9 Å². The standard InChI is InChI=1S/C23H20N4O4S/c1-14(28)16-10-19-20(31-13-30-19)11-18(16)26-22(29)7-6-21-25-17-5-2-8-24-23(17)27(21)12-15-4-3-9-32-15/h2-5,8-11H,6-7,12-13H2,1H3,(H,26,29). The minimum atomic E-state index is -0.214. The summed E-state index contributed by atoms with van der Waals surface area (Å²) in [4.78, 5) is 35.2. The molecule has 1 N–H and O–H groups in total. The van der Waals surface area contributed by atoms with E-state index in [1.165, 1.54) is 11.8 Å². The highest BCUT2D eigenvalue weighted by molar-refractivity contribution is 7.09. The van der Waals surface area contributed by atoms with Crippen LogP contribution in [0.3, 0.4) is 0 Å². The number of Topliss-reactive ketones (excluding diaryl/α,β-unsaturated/α-hetero) is 1. The lowest BCUT2D eigenvalue weighted by atomic mass is 10.1. The van der Waals surface area contributed by atoms with Crippen LogP contribution in [-0.4, -0.2) is 33.0 Å². The van der Waals surface area contributed by atoms with Gasteiger partial charge in [-0.3, -0.25) is 9.59 Å². The molecule has 8 nitrogen and oxygen atoms in total. The molecule has 1 aliphatic heterocycles. The fourth-order valence-electron chi connectivity index (χ4n) is 3.70. The zero-order chi connectivity index (χ0) is 22.1. The molecule has 32 heavy (non-hydrogen) atoms. The first-order valence-electron chi connectivity index (χ1n) is 10.2. The molecule has 0 unspecified atom stereocenters. The van der Waals surface area contributed by atoms with E-state index in [1.807, 2.05) is 23.6 Å². The van der Waals surface area contributed by atoms with E-state index in [1.54, 1.807) is 29.7 Å². The number of hydrogen-bond donors (Lipinski definition) is 1. The van der Waals surface area contributed by atoms with Crippen molar-refractivity contribution in [3.05, 3.63) is 64.2 Å². The van der Waals surface area contributed by atoms with Crippen molar-refractivity contribution in [1.82, 2.24) is 14.5 Å². The maximum absolute atomic E-state index is 12.8. The van der Waals surface area contributed by atoms with Gasteiger partial charge < -0.3 is 19.4 Å². The number of aryl methyl sites for hydroxylation is 1. The quantitative estimate of drug-likeness (QED) is 0.429. The molecule has 0 bridgehead atoms. The van der Waals surface area contributed by atoms with Gasteiger partial charge in [0.1, 0.15) is 11.3 Å². The summed E-state index contributed by atoms with van der Waals surface area (Å²) in [5, 5.41) is 4.88. The van der Waals surface area contributed by atoms with Crippen LogP contribution in [0.15, 0.2) is 48.0 Å². The molecule has 0 saturated heterocycles. The number of pyridine rings is 1. The number of ketones is 1. The van der Waals surface area contributed by atoms with Gasteiger partial charge in [0.2, 0.25) is 12.7 Å². The van der Waals surface area contributed by atoms with E-state index >= 15 is 0 Å². The van der Waals surface area contributed by atoms with Crippen LogP contribution < -0.4 is 14.8 Å². The maximum Gasteiger partial charge on any atom is 0.231 e. The summed E-state index contributed by atoms with van der Waals surface area (Å²) < 4.78 is 12.8. The van der Waals surface area contributed by atoms with Gasteiger partial charge in [-0.25, -0.2) is 9.97 Å². The number of ether oxygens (including phenoxy) is 2. The minimum absolute atomic E-state index is 0.0958. The zero-order valence-corrected chi connectivity index (χ0v) is 18.1. The fourth-order valence-corrected chi connectivity index (χ4v) is 4.39. The monoisotopic (exact) mass is 448 g/mol. The Morgan fingerprint density at radius 3 is 2.81 bits per heavy atom. The van der Waals surface area contributed by atoms with Crippen molar-refractivity contribution in [1.29, 1.82) is 0 Å². The number of amides is 1. The number of benzene rings is 1. The topological polar surface area (TPSA) is 95.3 Å². The number of nitrogens with zero attached hydrogens (tertiary/aromatic N) is 3. The SMILES string of the molecule is CC(=O)c1cc2c(cc1NC(=O)CCc1nc3cccnc3n1Cc1cccs1)OCO2. The third-order valence-electron chi connectivity index (χ3n) is 5.22. The first kappa shape index (κ1) is 20.2. The second kappa shape index (κ2) is 8.43. The predicted octanol–water partition coefficient (Wildman–Crippen LogP) is 4.04. The lowest BCUT2D eigenvalue weighted by molar-refractivity contribution is -0.116. The van der Waals surface area contributed by atoms with Gasteiger partial charge in [-0.1, -0.05) is 6.07 Å². The van der Waals surface area contributed by atoms with Gasteiger partial charge in [0.05, 0.1) is 12.2 Å². The summed E-state index contributed by atoms with van der Waals surface area (Å²) in [6.45, 7) is 2.20. The molecule has 0 atom stereocenters. The van der Waals surface area contributed by atoms with Gasteiger partial charge in [-0.15, -0.1) is 11.3 Å². The van der Waals surface area contributed by atoms with Crippen molar-refractivity contribution >= 4 is 39.9 Å². The minimum Gasteiger partial charge on any atom is -0.454 e. The van der Waals surface area contributed by atoms with Crippen LogP contribution in [-0.2, 0) is 17.8 Å². The Labute approximate surface area is 187 Å². The number of imidazole rings is 1. The number of nitrogens with one attached hydrogen (secondary N) is 1. The zero-order valence-electron chi connectivity index (χ0n) is 17.3. The molecule has 4 heterocycles. The van der Waals surface area contributed by atoms with Crippen molar-refractivity contribution in [3.8, 4) is 11.5 Å². The van der Waals surface area contributed by atoms with Gasteiger partial charge in [0.25, 0.3) is 0 Å². The predicted molar refractivity (Wildman–Crippen MR) is 120 cm³/mol. The second-order valence-electron chi connectivity index (χ2n) is 7.40. The number of aromatic nitrogens is 3. The molecule has 1 amide bonds. The number of carbonyl (C=O) groups is 2. The Kier molecular flexibility index (Phi) is 5.32. The van der Waals surface area contributed by atoms with Crippen LogP contribution in [0.4, 0.5) is 5.69 Å². The number of anilines is 1. The van der Waals surface area contributed by atoms with Crippen LogP contribution in [0.5, 0.6) is 11.5 Å². The van der Waals surface area contributed by atoms with E-state index in [-0.39, 0.29) is 24.9 Å². The van der Waals surface area contributed by atoms with Crippen molar-refractivity contribution in [2.45, 2.75) is 26.3 Å². The molecule has 0 spiro atoms. The van der Waals surface area contributed by atoms with Gasteiger partial charge in [-0.2, -0.15) is 0 Å². The molecular weight excluding hydrogens is 428 g/mol. The first-order chi connectivity index (χ1) is 15.6. The number of hydrogen-bond acceptors (Lipinski definition) is 7. The molecule has 0 radical (unpaired) electrons. The number of rotatable bonds is 7. The summed E-state index contributed by atoms with van der Waals surface area (Å²) in [6.07, 6.45) is 2.39. The first-order valence-corrected chi connectivity index (χ1v) is 11.0. The number of fused-ring (bicyclic) bond motifs is 2. The summed E-state index contributed by atoms with van der Waals surface area (Å²) in [5.74, 6) is 1.42. The maximum atomic E-state index is 12.8. The highest BCUT2D eigenvalue weighted by Gasteiger charge is 2.21. The van der Waals surface area contributed by atoms with Crippen molar-refractivity contribution in [2.75, 3.05) is 12.1 Å². The molecule has 1 aromatic carbocycles.